The van der Waals surface area contributed by atoms with E-state index in [0.717, 1.165) is 5.56 Å². The Hall–Kier alpha value is -1.23. The van der Waals surface area contributed by atoms with Gasteiger partial charge in [-0.3, -0.25) is 0 Å². The van der Waals surface area contributed by atoms with Crippen molar-refractivity contribution in [2.24, 2.45) is 0 Å². The molecular formula is C14H10Cl3F2NO. The van der Waals surface area contributed by atoms with Gasteiger partial charge in [0.1, 0.15) is 5.75 Å². The quantitative estimate of drug-likeness (QED) is 0.727. The van der Waals surface area contributed by atoms with Crippen molar-refractivity contribution < 1.29 is 13.5 Å². The van der Waals surface area contributed by atoms with E-state index in [2.05, 4.69) is 10.1 Å². The molecule has 0 unspecified atom stereocenters. The summed E-state index contributed by atoms with van der Waals surface area (Å²) in [4.78, 5) is 0. The summed E-state index contributed by atoms with van der Waals surface area (Å²) in [5.41, 5.74) is 1.60. The minimum absolute atomic E-state index is 0.0632. The van der Waals surface area contributed by atoms with Gasteiger partial charge >= 0.3 is 6.61 Å². The van der Waals surface area contributed by atoms with Crippen LogP contribution in [0.25, 0.3) is 0 Å². The monoisotopic (exact) mass is 351 g/mol. The predicted octanol–water partition coefficient (Wildman–Crippen LogP) is 5.86. The van der Waals surface area contributed by atoms with Gasteiger partial charge in [-0.1, -0.05) is 40.9 Å². The zero-order chi connectivity index (χ0) is 15.4. The molecule has 0 fully saturated rings. The van der Waals surface area contributed by atoms with Gasteiger partial charge in [-0.2, -0.15) is 8.78 Å². The summed E-state index contributed by atoms with van der Waals surface area (Å²) in [6.45, 7) is -2.42. The molecule has 0 saturated heterocycles. The van der Waals surface area contributed by atoms with Crippen molar-refractivity contribution in [2.75, 3.05) is 5.32 Å². The van der Waals surface area contributed by atoms with Gasteiger partial charge in [0.25, 0.3) is 0 Å². The summed E-state index contributed by atoms with van der Waals surface area (Å²) >= 11 is 17.6. The maximum atomic E-state index is 12.1. The van der Waals surface area contributed by atoms with Gasteiger partial charge < -0.3 is 10.1 Å². The minimum atomic E-state index is -2.91. The van der Waals surface area contributed by atoms with Crippen LogP contribution in [0.2, 0.25) is 15.1 Å². The maximum Gasteiger partial charge on any atom is 0.387 e. The summed E-state index contributed by atoms with van der Waals surface area (Å²) < 4.78 is 28.5. The van der Waals surface area contributed by atoms with Crippen molar-refractivity contribution in [3.63, 3.8) is 0 Å². The first-order chi connectivity index (χ1) is 9.95. The molecule has 0 spiro atoms. The molecular weight excluding hydrogens is 343 g/mol. The summed E-state index contributed by atoms with van der Waals surface area (Å²) in [6.07, 6.45) is 0. The zero-order valence-corrected chi connectivity index (χ0v) is 12.8. The molecule has 0 amide bonds. The van der Waals surface area contributed by atoms with Crippen LogP contribution >= 0.6 is 34.8 Å². The number of alkyl halides is 2. The number of ether oxygens (including phenoxy) is 1. The fourth-order valence-electron chi connectivity index (χ4n) is 1.66. The zero-order valence-electron chi connectivity index (χ0n) is 10.5. The van der Waals surface area contributed by atoms with E-state index in [1.165, 1.54) is 12.1 Å². The number of anilines is 1. The average Bonchev–Trinajstić information content (AvgIpc) is 2.42. The third kappa shape index (κ3) is 4.63. The van der Waals surface area contributed by atoms with Crippen LogP contribution in [-0.2, 0) is 6.54 Å². The molecule has 0 aliphatic carbocycles. The maximum absolute atomic E-state index is 12.1. The van der Waals surface area contributed by atoms with Crippen LogP contribution in [0.3, 0.4) is 0 Å². The van der Waals surface area contributed by atoms with Gasteiger partial charge in [0.05, 0.1) is 15.1 Å². The smallest absolute Gasteiger partial charge is 0.387 e. The lowest BCUT2D eigenvalue weighted by molar-refractivity contribution is -0.0497. The molecule has 2 nitrogen and oxygen atoms in total. The van der Waals surface area contributed by atoms with Crippen molar-refractivity contribution in [3.8, 4) is 5.75 Å². The molecule has 21 heavy (non-hydrogen) atoms. The Balaban J connectivity index is 2.03. The average molecular weight is 353 g/mol. The highest BCUT2D eigenvalue weighted by molar-refractivity contribution is 6.42. The van der Waals surface area contributed by atoms with Crippen LogP contribution in [0.15, 0.2) is 36.4 Å². The highest BCUT2D eigenvalue weighted by atomic mass is 35.5. The van der Waals surface area contributed by atoms with E-state index in [1.54, 1.807) is 18.2 Å². The molecule has 0 radical (unpaired) electrons. The Bertz CT molecular complexity index is 638. The second-order valence-electron chi connectivity index (χ2n) is 4.13. The fourth-order valence-corrected chi connectivity index (χ4v) is 2.20. The van der Waals surface area contributed by atoms with Gasteiger partial charge in [-0.15, -0.1) is 0 Å². The summed E-state index contributed by atoms with van der Waals surface area (Å²) in [5, 5.41) is 4.16. The normalized spacial score (nSPS) is 10.8. The Morgan fingerprint density at radius 2 is 1.71 bits per heavy atom. The van der Waals surface area contributed by atoms with Crippen molar-refractivity contribution in [1.29, 1.82) is 0 Å². The van der Waals surface area contributed by atoms with Crippen LogP contribution in [0, 0.1) is 0 Å². The molecule has 112 valence electrons. The first-order valence-corrected chi connectivity index (χ1v) is 7.01. The molecule has 1 N–H and O–H groups in total. The fraction of sp³-hybridized carbons (Fsp3) is 0.143. The first-order valence-electron chi connectivity index (χ1n) is 5.88. The SMILES string of the molecule is FC(F)Oc1ccc(NCc2ccc(Cl)c(Cl)c2)cc1Cl. The van der Waals surface area contributed by atoms with Crippen LogP contribution in [0.1, 0.15) is 5.56 Å². The van der Waals surface area contributed by atoms with Crippen LogP contribution < -0.4 is 10.1 Å². The molecule has 2 aromatic carbocycles. The number of hydrogen-bond donors (Lipinski definition) is 1. The Morgan fingerprint density at radius 1 is 0.952 bits per heavy atom. The molecule has 0 atom stereocenters. The molecule has 0 heterocycles. The number of nitrogens with one attached hydrogen (secondary N) is 1. The van der Waals surface area contributed by atoms with E-state index in [1.807, 2.05) is 6.07 Å². The first kappa shape index (κ1) is 16.1. The number of halogens is 5. The van der Waals surface area contributed by atoms with Crippen LogP contribution in [-0.4, -0.2) is 6.61 Å². The van der Waals surface area contributed by atoms with Gasteiger partial charge in [0.2, 0.25) is 0 Å². The number of hydrogen-bond acceptors (Lipinski definition) is 2. The topological polar surface area (TPSA) is 21.3 Å². The largest absolute Gasteiger partial charge is 0.433 e. The van der Waals surface area contributed by atoms with Crippen molar-refractivity contribution in [3.05, 3.63) is 57.0 Å². The molecule has 0 aliphatic heterocycles. The molecule has 2 aromatic rings. The Labute approximate surface area is 135 Å². The molecule has 7 heteroatoms. The number of benzene rings is 2. The third-order valence-electron chi connectivity index (χ3n) is 2.63. The van der Waals surface area contributed by atoms with Gasteiger partial charge in [-0.25, -0.2) is 0 Å². The number of rotatable bonds is 5. The van der Waals surface area contributed by atoms with E-state index in [0.29, 0.717) is 22.3 Å². The van der Waals surface area contributed by atoms with E-state index < -0.39 is 6.61 Å². The molecule has 0 aromatic heterocycles. The lowest BCUT2D eigenvalue weighted by Crippen LogP contribution is -2.03. The lowest BCUT2D eigenvalue weighted by Gasteiger charge is -2.10. The van der Waals surface area contributed by atoms with Gasteiger partial charge in [0.15, 0.2) is 0 Å². The van der Waals surface area contributed by atoms with E-state index >= 15 is 0 Å². The van der Waals surface area contributed by atoms with Crippen molar-refractivity contribution >= 4 is 40.5 Å². The molecule has 0 bridgehead atoms. The summed E-state index contributed by atoms with van der Waals surface area (Å²) in [5.74, 6) is -0.0632. The van der Waals surface area contributed by atoms with Gasteiger partial charge in [0, 0.05) is 12.2 Å². The Kier molecular flexibility index (Phi) is 5.51. The summed E-state index contributed by atoms with van der Waals surface area (Å²) in [6, 6.07) is 9.76. The third-order valence-corrected chi connectivity index (χ3v) is 3.66. The molecule has 2 rings (SSSR count). The standard InChI is InChI=1S/C14H10Cl3F2NO/c15-10-3-1-8(5-11(10)16)7-20-9-2-4-13(12(17)6-9)21-14(18)19/h1-6,14,20H,7H2. The van der Waals surface area contributed by atoms with E-state index in [4.69, 9.17) is 34.8 Å². The lowest BCUT2D eigenvalue weighted by atomic mass is 10.2. The molecule has 0 aliphatic rings. The van der Waals surface area contributed by atoms with Crippen molar-refractivity contribution in [1.82, 2.24) is 0 Å². The van der Waals surface area contributed by atoms with E-state index in [-0.39, 0.29) is 10.8 Å². The highest BCUT2D eigenvalue weighted by Gasteiger charge is 2.09. The predicted molar refractivity (Wildman–Crippen MR) is 81.9 cm³/mol. The highest BCUT2D eigenvalue weighted by Crippen LogP contribution is 2.29. The molecule has 0 saturated carbocycles. The van der Waals surface area contributed by atoms with Gasteiger partial charge in [-0.05, 0) is 35.9 Å². The van der Waals surface area contributed by atoms with Crippen LogP contribution in [0.4, 0.5) is 14.5 Å². The second kappa shape index (κ2) is 7.16. The van der Waals surface area contributed by atoms with Crippen LogP contribution in [0.5, 0.6) is 5.75 Å². The Morgan fingerprint density at radius 3 is 2.33 bits per heavy atom. The van der Waals surface area contributed by atoms with E-state index in [9.17, 15) is 8.78 Å². The summed E-state index contributed by atoms with van der Waals surface area (Å²) in [7, 11) is 0. The van der Waals surface area contributed by atoms with Crippen molar-refractivity contribution in [2.45, 2.75) is 13.2 Å². The minimum Gasteiger partial charge on any atom is -0.433 e. The second-order valence-corrected chi connectivity index (χ2v) is 5.35.